The molecule has 2 aromatic rings. The summed E-state index contributed by atoms with van der Waals surface area (Å²) in [4.78, 5) is 16.6. The Morgan fingerprint density at radius 3 is 2.45 bits per heavy atom. The number of nitrogens with zero attached hydrogens (tertiary/aromatic N) is 2. The molecule has 104 valence electrons. The molecule has 3 nitrogen and oxygen atoms in total. The van der Waals surface area contributed by atoms with Crippen LogP contribution in [0.5, 0.6) is 0 Å². The van der Waals surface area contributed by atoms with Gasteiger partial charge in [0.05, 0.1) is 0 Å². The number of carbonyl (C=O) groups is 1. The van der Waals surface area contributed by atoms with E-state index >= 15 is 0 Å². The molecule has 0 radical (unpaired) electrons. The van der Waals surface area contributed by atoms with Gasteiger partial charge in [-0.1, -0.05) is 25.1 Å². The van der Waals surface area contributed by atoms with Crippen LogP contribution in [0.25, 0.3) is 0 Å². The molecule has 0 bridgehead atoms. The topological polar surface area (TPSA) is 23.6 Å². The molecule has 1 aliphatic heterocycles. The summed E-state index contributed by atoms with van der Waals surface area (Å²) in [5.74, 6) is 0.453. The lowest BCUT2D eigenvalue weighted by atomic mass is 10.1. The van der Waals surface area contributed by atoms with E-state index in [0.29, 0.717) is 5.92 Å². The summed E-state index contributed by atoms with van der Waals surface area (Å²) in [6, 6.07) is 12.1. The van der Waals surface area contributed by atoms with Crippen LogP contribution >= 0.6 is 11.3 Å². The van der Waals surface area contributed by atoms with Crippen LogP contribution in [0.3, 0.4) is 0 Å². The van der Waals surface area contributed by atoms with Gasteiger partial charge in [0.1, 0.15) is 5.00 Å². The van der Waals surface area contributed by atoms with Gasteiger partial charge in [-0.3, -0.25) is 9.80 Å². The van der Waals surface area contributed by atoms with E-state index in [9.17, 15) is 4.79 Å². The van der Waals surface area contributed by atoms with Crippen LogP contribution in [0, 0.1) is 12.8 Å². The quantitative estimate of drug-likeness (QED) is 0.814. The Morgan fingerprint density at radius 2 is 1.80 bits per heavy atom. The Morgan fingerprint density at radius 1 is 1.10 bits per heavy atom. The number of carbonyl (C=O) groups excluding carboxylic acids is 1. The molecule has 0 saturated carbocycles. The molecule has 3 rings (SSSR count). The highest BCUT2D eigenvalue weighted by Crippen LogP contribution is 2.32. The van der Waals surface area contributed by atoms with Gasteiger partial charge in [0.25, 0.3) is 0 Å². The lowest BCUT2D eigenvalue weighted by Crippen LogP contribution is -2.53. The van der Waals surface area contributed by atoms with Crippen molar-refractivity contribution in [2.24, 2.45) is 5.92 Å². The molecule has 20 heavy (non-hydrogen) atoms. The first-order valence-corrected chi connectivity index (χ1v) is 7.73. The standard InChI is InChI=1S/C16H18N2OS/c1-12-10-17(14-6-4-3-5-7-14)16(19)18(11-12)15-13(2)8-9-20-15/h3-9,12H,10-11H2,1-2H3. The summed E-state index contributed by atoms with van der Waals surface area (Å²) in [6.07, 6.45) is 0. The highest BCUT2D eigenvalue weighted by molar-refractivity contribution is 7.14. The Balaban J connectivity index is 1.94. The van der Waals surface area contributed by atoms with Crippen LogP contribution < -0.4 is 9.80 Å². The Bertz CT molecular complexity index is 608. The summed E-state index contributed by atoms with van der Waals surface area (Å²) in [7, 11) is 0. The molecule has 1 unspecified atom stereocenters. The van der Waals surface area contributed by atoms with Crippen LogP contribution in [0.15, 0.2) is 41.8 Å². The lowest BCUT2D eigenvalue weighted by molar-refractivity contribution is 0.245. The number of rotatable bonds is 2. The highest BCUT2D eigenvalue weighted by Gasteiger charge is 2.32. The van der Waals surface area contributed by atoms with Gasteiger partial charge in [-0.15, -0.1) is 11.3 Å². The van der Waals surface area contributed by atoms with Crippen LogP contribution in [0.4, 0.5) is 15.5 Å². The maximum atomic E-state index is 12.8. The lowest BCUT2D eigenvalue weighted by Gasteiger charge is -2.38. The van der Waals surface area contributed by atoms with Crippen LogP contribution in [-0.4, -0.2) is 19.1 Å². The number of benzene rings is 1. The van der Waals surface area contributed by atoms with E-state index in [1.54, 1.807) is 11.3 Å². The molecule has 0 N–H and O–H groups in total. The third-order valence-electron chi connectivity index (χ3n) is 3.60. The summed E-state index contributed by atoms with van der Waals surface area (Å²) in [5, 5.41) is 3.12. The van der Waals surface area contributed by atoms with Crippen molar-refractivity contribution >= 4 is 28.1 Å². The first-order valence-electron chi connectivity index (χ1n) is 6.85. The van der Waals surface area contributed by atoms with Crippen molar-refractivity contribution in [1.82, 2.24) is 0 Å². The minimum Gasteiger partial charge on any atom is -0.294 e. The zero-order chi connectivity index (χ0) is 14.1. The molecule has 2 amide bonds. The summed E-state index contributed by atoms with van der Waals surface area (Å²) in [5.41, 5.74) is 2.15. The second kappa shape index (κ2) is 5.29. The van der Waals surface area contributed by atoms with Gasteiger partial charge < -0.3 is 0 Å². The third kappa shape index (κ3) is 2.31. The van der Waals surface area contributed by atoms with E-state index in [2.05, 4.69) is 19.9 Å². The summed E-state index contributed by atoms with van der Waals surface area (Å²) >= 11 is 1.64. The maximum absolute atomic E-state index is 12.8. The van der Waals surface area contributed by atoms with E-state index in [1.807, 2.05) is 45.5 Å². The van der Waals surface area contributed by atoms with E-state index in [-0.39, 0.29) is 6.03 Å². The highest BCUT2D eigenvalue weighted by atomic mass is 32.1. The third-order valence-corrected chi connectivity index (χ3v) is 4.64. The Kier molecular flexibility index (Phi) is 3.49. The number of para-hydroxylation sites is 1. The van der Waals surface area contributed by atoms with Gasteiger partial charge in [0, 0.05) is 18.8 Å². The number of hydrogen-bond donors (Lipinski definition) is 0. The normalized spacial score (nSPS) is 19.5. The average molecular weight is 286 g/mol. The van der Waals surface area contributed by atoms with Gasteiger partial charge >= 0.3 is 6.03 Å². The summed E-state index contributed by atoms with van der Waals surface area (Å²) < 4.78 is 0. The molecule has 1 saturated heterocycles. The van der Waals surface area contributed by atoms with Gasteiger partial charge in [0.2, 0.25) is 0 Å². The van der Waals surface area contributed by atoms with Gasteiger partial charge in [-0.2, -0.15) is 0 Å². The molecular weight excluding hydrogens is 268 g/mol. The number of amides is 2. The molecule has 0 spiro atoms. The van der Waals surface area contributed by atoms with Gasteiger partial charge in [-0.25, -0.2) is 4.79 Å². The summed E-state index contributed by atoms with van der Waals surface area (Å²) in [6.45, 7) is 5.83. The average Bonchev–Trinajstić information content (AvgIpc) is 2.88. The van der Waals surface area contributed by atoms with Crippen molar-refractivity contribution < 1.29 is 4.79 Å². The SMILES string of the molecule is Cc1ccsc1N1CC(C)CN(c2ccccc2)C1=O. The van der Waals surface area contributed by atoms with Crippen LogP contribution in [-0.2, 0) is 0 Å². The number of thiophene rings is 1. The van der Waals surface area contributed by atoms with Crippen molar-refractivity contribution in [2.45, 2.75) is 13.8 Å². The van der Waals surface area contributed by atoms with Crippen molar-refractivity contribution in [3.63, 3.8) is 0 Å². The fourth-order valence-electron chi connectivity index (χ4n) is 2.62. The van der Waals surface area contributed by atoms with E-state index in [0.717, 1.165) is 23.8 Å². The number of anilines is 2. The number of hydrogen-bond acceptors (Lipinski definition) is 2. The van der Waals surface area contributed by atoms with Crippen LogP contribution in [0.2, 0.25) is 0 Å². The molecule has 1 aromatic heterocycles. The second-order valence-corrected chi connectivity index (χ2v) is 6.25. The van der Waals surface area contributed by atoms with E-state index < -0.39 is 0 Å². The second-order valence-electron chi connectivity index (χ2n) is 5.35. The molecule has 1 aliphatic rings. The van der Waals surface area contributed by atoms with Crippen molar-refractivity contribution in [2.75, 3.05) is 22.9 Å². The largest absolute Gasteiger partial charge is 0.329 e. The molecule has 1 fully saturated rings. The number of urea groups is 1. The van der Waals surface area contributed by atoms with Gasteiger partial charge in [-0.05, 0) is 42.0 Å². The first-order chi connectivity index (χ1) is 9.66. The molecule has 0 aliphatic carbocycles. The molecular formula is C16H18N2OS. The monoisotopic (exact) mass is 286 g/mol. The predicted octanol–water partition coefficient (Wildman–Crippen LogP) is 4.14. The van der Waals surface area contributed by atoms with E-state index in [4.69, 9.17) is 0 Å². The minimum atomic E-state index is 0.0832. The first kappa shape index (κ1) is 13.2. The van der Waals surface area contributed by atoms with Gasteiger partial charge in [0.15, 0.2) is 0 Å². The smallest absolute Gasteiger partial charge is 0.294 e. The Hall–Kier alpha value is -1.81. The van der Waals surface area contributed by atoms with Crippen molar-refractivity contribution in [3.05, 3.63) is 47.3 Å². The fraction of sp³-hybridized carbons (Fsp3) is 0.312. The molecule has 1 aromatic carbocycles. The molecule has 1 atom stereocenters. The van der Waals surface area contributed by atoms with Crippen molar-refractivity contribution in [3.8, 4) is 0 Å². The molecule has 2 heterocycles. The minimum absolute atomic E-state index is 0.0832. The van der Waals surface area contributed by atoms with E-state index in [1.165, 1.54) is 5.56 Å². The van der Waals surface area contributed by atoms with Crippen molar-refractivity contribution in [1.29, 1.82) is 0 Å². The van der Waals surface area contributed by atoms with Crippen LogP contribution in [0.1, 0.15) is 12.5 Å². The predicted molar refractivity (Wildman–Crippen MR) is 84.8 cm³/mol. The maximum Gasteiger partial charge on any atom is 0.329 e. The Labute approximate surface area is 123 Å². The molecule has 4 heteroatoms. The zero-order valence-electron chi connectivity index (χ0n) is 11.7. The number of aryl methyl sites for hydroxylation is 1. The fourth-order valence-corrected chi connectivity index (χ4v) is 3.55. The zero-order valence-corrected chi connectivity index (χ0v) is 12.6.